The zero-order chi connectivity index (χ0) is 28.2. The summed E-state index contributed by atoms with van der Waals surface area (Å²) in [5.41, 5.74) is 7.08. The number of fused-ring (bicyclic) bond motifs is 1. The van der Waals surface area contributed by atoms with Gasteiger partial charge in [-0.15, -0.1) is 12.3 Å². The van der Waals surface area contributed by atoms with E-state index in [2.05, 4.69) is 20.9 Å². The Bertz CT molecular complexity index is 1010. The molecule has 2 aromatic heterocycles. The normalized spacial score (nSPS) is 13.9. The maximum Gasteiger partial charge on any atom is 0.225 e. The summed E-state index contributed by atoms with van der Waals surface area (Å²) in [6, 6.07) is 0. The standard InChI is InChI=1S/C29H50N5O3PS/c1-4-5-6-7-8-9-10-11-12-13-14-15-16-17-20-39-21-18-19-37-38(3,35)25-36-26(2)22-34-24-33-27-28(30)31-23-32-29(27)34/h1,23-24,26H,5-22,25H2,2-3H3,(H2,30,31,32)/t26-,38?/m1/s1. The van der Waals surface area contributed by atoms with Crippen LogP contribution in [0.1, 0.15) is 96.8 Å². The molecule has 0 bridgehead atoms. The molecule has 0 aliphatic heterocycles. The summed E-state index contributed by atoms with van der Waals surface area (Å²) in [5.74, 6) is 5.31. The molecular formula is C29H50N5O3PS. The van der Waals surface area contributed by atoms with Crippen molar-refractivity contribution in [2.24, 2.45) is 0 Å². The Hall–Kier alpha value is -1.59. The van der Waals surface area contributed by atoms with E-state index in [-0.39, 0.29) is 12.5 Å². The van der Waals surface area contributed by atoms with Crippen molar-refractivity contribution in [1.29, 1.82) is 0 Å². The highest BCUT2D eigenvalue weighted by molar-refractivity contribution is 7.99. The molecule has 0 saturated heterocycles. The minimum Gasteiger partial charge on any atom is -0.382 e. The average Bonchev–Trinajstić information content (AvgIpc) is 3.32. The number of imidazole rings is 1. The number of ether oxygens (including phenoxy) is 1. The molecule has 0 aromatic carbocycles. The second-order valence-corrected chi connectivity index (χ2v) is 14.2. The second-order valence-electron chi connectivity index (χ2n) is 10.4. The first-order chi connectivity index (χ1) is 18.9. The van der Waals surface area contributed by atoms with E-state index in [1.807, 2.05) is 23.3 Å². The number of hydrogen-bond acceptors (Lipinski definition) is 8. The van der Waals surface area contributed by atoms with Gasteiger partial charge in [-0.3, -0.25) is 4.57 Å². The summed E-state index contributed by atoms with van der Waals surface area (Å²) in [4.78, 5) is 12.5. The third kappa shape index (κ3) is 15.1. The molecule has 2 aromatic rings. The molecule has 2 N–H and O–H groups in total. The van der Waals surface area contributed by atoms with Crippen molar-refractivity contribution in [1.82, 2.24) is 19.5 Å². The molecule has 1 unspecified atom stereocenters. The van der Waals surface area contributed by atoms with Gasteiger partial charge in [-0.1, -0.05) is 64.2 Å². The van der Waals surface area contributed by atoms with Gasteiger partial charge in [0.05, 0.1) is 25.6 Å². The van der Waals surface area contributed by atoms with Crippen LogP contribution >= 0.6 is 19.1 Å². The number of terminal acetylenes is 1. The van der Waals surface area contributed by atoms with E-state index in [0.29, 0.717) is 30.1 Å². The molecule has 0 radical (unpaired) electrons. The van der Waals surface area contributed by atoms with E-state index < -0.39 is 7.37 Å². The summed E-state index contributed by atoms with van der Waals surface area (Å²) in [5, 5.41) is 0. The van der Waals surface area contributed by atoms with Crippen molar-refractivity contribution >= 4 is 36.1 Å². The van der Waals surface area contributed by atoms with Crippen molar-refractivity contribution in [3.8, 4) is 12.3 Å². The highest BCUT2D eigenvalue weighted by atomic mass is 32.2. The molecule has 2 atom stereocenters. The molecule has 0 amide bonds. The molecule has 2 heterocycles. The summed E-state index contributed by atoms with van der Waals surface area (Å²) in [7, 11) is -2.79. The number of hydrogen-bond donors (Lipinski definition) is 1. The number of rotatable bonds is 24. The van der Waals surface area contributed by atoms with Crippen molar-refractivity contribution in [3.05, 3.63) is 12.7 Å². The van der Waals surface area contributed by atoms with Crippen molar-refractivity contribution in [3.63, 3.8) is 0 Å². The van der Waals surface area contributed by atoms with Gasteiger partial charge in [0.15, 0.2) is 11.5 Å². The lowest BCUT2D eigenvalue weighted by atomic mass is 10.0. The van der Waals surface area contributed by atoms with E-state index in [9.17, 15) is 4.57 Å². The lowest BCUT2D eigenvalue weighted by molar-refractivity contribution is 0.0801. The van der Waals surface area contributed by atoms with E-state index in [0.717, 1.165) is 18.6 Å². The minimum absolute atomic E-state index is 0.0955. The second kappa shape index (κ2) is 20.3. The predicted molar refractivity (Wildman–Crippen MR) is 165 cm³/mol. The summed E-state index contributed by atoms with van der Waals surface area (Å²) in [6.07, 6.45) is 26.2. The quantitative estimate of drug-likeness (QED) is 0.0773. The van der Waals surface area contributed by atoms with Crippen LogP contribution in [0.3, 0.4) is 0 Å². The van der Waals surface area contributed by atoms with Crippen LogP contribution in [0, 0.1) is 12.3 Å². The predicted octanol–water partition coefficient (Wildman–Crippen LogP) is 7.52. The largest absolute Gasteiger partial charge is 0.382 e. The molecular weight excluding hydrogens is 529 g/mol. The molecule has 0 spiro atoms. The number of nitrogens with two attached hydrogens (primary N) is 1. The molecule has 0 saturated carbocycles. The van der Waals surface area contributed by atoms with Crippen LogP contribution in [-0.4, -0.2) is 56.7 Å². The van der Waals surface area contributed by atoms with E-state index in [1.165, 1.54) is 89.1 Å². The van der Waals surface area contributed by atoms with Crippen LogP contribution in [0.25, 0.3) is 11.2 Å². The van der Waals surface area contributed by atoms with Crippen LogP contribution in [0.4, 0.5) is 5.82 Å². The van der Waals surface area contributed by atoms with E-state index >= 15 is 0 Å². The SMILES string of the molecule is C#CCCCCCCCCCCCCCCSCCCOP(C)(=O)CO[C@H](C)Cn1cnc2c(N)ncnc21. The Labute approximate surface area is 240 Å². The van der Waals surface area contributed by atoms with Gasteiger partial charge in [-0.25, -0.2) is 15.0 Å². The van der Waals surface area contributed by atoms with Gasteiger partial charge in [0, 0.05) is 13.1 Å². The number of aromatic nitrogens is 4. The highest BCUT2D eigenvalue weighted by Gasteiger charge is 2.19. The molecule has 8 nitrogen and oxygen atoms in total. The molecule has 10 heteroatoms. The molecule has 220 valence electrons. The first-order valence-corrected chi connectivity index (χ1v) is 18.1. The average molecular weight is 580 g/mol. The Morgan fingerprint density at radius 3 is 2.26 bits per heavy atom. The van der Waals surface area contributed by atoms with E-state index in [4.69, 9.17) is 21.4 Å². The number of anilines is 1. The van der Waals surface area contributed by atoms with Gasteiger partial charge < -0.3 is 19.6 Å². The Kier molecular flexibility index (Phi) is 17.5. The minimum atomic E-state index is -2.79. The molecule has 0 aliphatic carbocycles. The Morgan fingerprint density at radius 2 is 1.59 bits per heavy atom. The van der Waals surface area contributed by atoms with Gasteiger partial charge in [0.1, 0.15) is 18.2 Å². The van der Waals surface area contributed by atoms with Gasteiger partial charge in [-0.05, 0) is 37.7 Å². The maximum absolute atomic E-state index is 12.7. The molecule has 0 aliphatic rings. The number of nitrogens with zero attached hydrogens (tertiary/aromatic N) is 4. The summed E-state index contributed by atoms with van der Waals surface area (Å²) < 4.78 is 26.1. The van der Waals surface area contributed by atoms with Crippen molar-refractivity contribution < 1.29 is 13.8 Å². The topological polar surface area (TPSA) is 105 Å². The Morgan fingerprint density at radius 1 is 0.974 bits per heavy atom. The van der Waals surface area contributed by atoms with E-state index in [1.54, 1.807) is 13.0 Å². The summed E-state index contributed by atoms with van der Waals surface area (Å²) in [6.45, 7) is 4.61. The van der Waals surface area contributed by atoms with Gasteiger partial charge >= 0.3 is 0 Å². The lowest BCUT2D eigenvalue weighted by Gasteiger charge is -2.18. The first-order valence-electron chi connectivity index (χ1n) is 14.7. The highest BCUT2D eigenvalue weighted by Crippen LogP contribution is 2.42. The number of thioether (sulfide) groups is 1. The first kappa shape index (κ1) is 33.6. The fraction of sp³-hybridized carbons (Fsp3) is 0.759. The fourth-order valence-electron chi connectivity index (χ4n) is 4.38. The lowest BCUT2D eigenvalue weighted by Crippen LogP contribution is -2.17. The third-order valence-corrected chi connectivity index (χ3v) is 9.14. The third-order valence-electron chi connectivity index (χ3n) is 6.63. The van der Waals surface area contributed by atoms with Crippen LogP contribution in [-0.2, 0) is 20.4 Å². The van der Waals surface area contributed by atoms with Gasteiger partial charge in [-0.2, -0.15) is 11.8 Å². The smallest absolute Gasteiger partial charge is 0.225 e. The van der Waals surface area contributed by atoms with Gasteiger partial charge in [0.2, 0.25) is 7.37 Å². The molecule has 2 rings (SSSR count). The number of nitrogen functional groups attached to an aromatic ring is 1. The van der Waals surface area contributed by atoms with Crippen molar-refractivity contribution in [2.75, 3.05) is 36.9 Å². The van der Waals surface area contributed by atoms with Crippen LogP contribution in [0.5, 0.6) is 0 Å². The molecule has 39 heavy (non-hydrogen) atoms. The van der Waals surface area contributed by atoms with Crippen LogP contribution < -0.4 is 5.73 Å². The van der Waals surface area contributed by atoms with Crippen LogP contribution in [0.15, 0.2) is 12.7 Å². The Balaban J connectivity index is 1.38. The zero-order valence-corrected chi connectivity index (χ0v) is 25.9. The van der Waals surface area contributed by atoms with Crippen molar-refractivity contribution in [2.45, 2.75) is 109 Å². The maximum atomic E-state index is 12.7. The number of unbranched alkanes of at least 4 members (excludes halogenated alkanes) is 12. The van der Waals surface area contributed by atoms with Crippen LogP contribution in [0.2, 0.25) is 0 Å². The molecule has 0 fully saturated rings. The summed E-state index contributed by atoms with van der Waals surface area (Å²) >= 11 is 1.97. The monoisotopic (exact) mass is 579 g/mol. The fourth-order valence-corrected chi connectivity index (χ4v) is 6.43. The van der Waals surface area contributed by atoms with Gasteiger partial charge in [0.25, 0.3) is 0 Å². The zero-order valence-electron chi connectivity index (χ0n) is 24.2.